The van der Waals surface area contributed by atoms with Gasteiger partial charge in [-0.25, -0.2) is 0 Å². The highest BCUT2D eigenvalue weighted by Crippen LogP contribution is 2.31. The van der Waals surface area contributed by atoms with Gasteiger partial charge in [0, 0.05) is 42.0 Å². The van der Waals surface area contributed by atoms with E-state index in [4.69, 9.17) is 0 Å². The zero-order valence-electron chi connectivity index (χ0n) is 17.4. The van der Waals surface area contributed by atoms with E-state index in [9.17, 15) is 9.59 Å². The molecular formula is C24H25N3O2S. The molecule has 0 spiro atoms. The SMILES string of the molecule is Cc1ccc(C(=O)NC2CC2)cc1NC(=O)c1ccc(-c2cccc(N(C)C)c2)s1. The van der Waals surface area contributed by atoms with Gasteiger partial charge in [0.25, 0.3) is 11.8 Å². The van der Waals surface area contributed by atoms with E-state index in [2.05, 4.69) is 27.7 Å². The molecule has 0 unspecified atom stereocenters. The maximum absolute atomic E-state index is 12.8. The van der Waals surface area contributed by atoms with Crippen LogP contribution in [0.5, 0.6) is 0 Å². The normalized spacial score (nSPS) is 13.0. The van der Waals surface area contributed by atoms with Crippen LogP contribution in [0, 0.1) is 6.92 Å². The van der Waals surface area contributed by atoms with E-state index in [0.717, 1.165) is 34.5 Å². The molecule has 4 rings (SSSR count). The van der Waals surface area contributed by atoms with E-state index in [1.807, 2.05) is 51.4 Å². The van der Waals surface area contributed by atoms with Gasteiger partial charge >= 0.3 is 0 Å². The van der Waals surface area contributed by atoms with Crippen LogP contribution in [0.25, 0.3) is 10.4 Å². The van der Waals surface area contributed by atoms with Gasteiger partial charge in [0.05, 0.1) is 4.88 Å². The third-order valence-electron chi connectivity index (χ3n) is 5.14. The van der Waals surface area contributed by atoms with Crippen molar-refractivity contribution >= 4 is 34.5 Å². The summed E-state index contributed by atoms with van der Waals surface area (Å²) in [4.78, 5) is 28.9. The Kier molecular flexibility index (Phi) is 5.59. The molecule has 0 bridgehead atoms. The first kappa shape index (κ1) is 20.2. The van der Waals surface area contributed by atoms with Gasteiger partial charge in [0.2, 0.25) is 0 Å². The van der Waals surface area contributed by atoms with Crippen molar-refractivity contribution in [2.45, 2.75) is 25.8 Å². The van der Waals surface area contributed by atoms with Crippen LogP contribution in [-0.2, 0) is 0 Å². The Bertz CT molecular complexity index is 1100. The average Bonchev–Trinajstić information content (AvgIpc) is 3.40. The van der Waals surface area contributed by atoms with Gasteiger partial charge in [-0.05, 0) is 67.3 Å². The van der Waals surface area contributed by atoms with Crippen molar-refractivity contribution in [2.24, 2.45) is 0 Å². The van der Waals surface area contributed by atoms with Crippen LogP contribution in [0.2, 0.25) is 0 Å². The highest BCUT2D eigenvalue weighted by atomic mass is 32.1. The number of amides is 2. The van der Waals surface area contributed by atoms with Gasteiger partial charge in [-0.15, -0.1) is 11.3 Å². The Morgan fingerprint density at radius 2 is 1.80 bits per heavy atom. The summed E-state index contributed by atoms with van der Waals surface area (Å²) in [6.07, 6.45) is 2.08. The fraction of sp³-hybridized carbons (Fsp3) is 0.250. The monoisotopic (exact) mass is 419 g/mol. The minimum Gasteiger partial charge on any atom is -0.378 e. The molecule has 2 amide bonds. The summed E-state index contributed by atoms with van der Waals surface area (Å²) in [5, 5.41) is 5.95. The molecule has 0 aliphatic heterocycles. The van der Waals surface area contributed by atoms with Gasteiger partial charge in [0.1, 0.15) is 0 Å². The van der Waals surface area contributed by atoms with Crippen molar-refractivity contribution in [1.29, 1.82) is 0 Å². The fourth-order valence-corrected chi connectivity index (χ4v) is 4.03. The summed E-state index contributed by atoms with van der Waals surface area (Å²) in [6, 6.07) is 17.8. The van der Waals surface area contributed by atoms with Gasteiger partial charge in [-0.2, -0.15) is 0 Å². The Hall–Kier alpha value is -3.12. The van der Waals surface area contributed by atoms with E-state index < -0.39 is 0 Å². The molecule has 1 aliphatic carbocycles. The van der Waals surface area contributed by atoms with Crippen LogP contribution in [-0.4, -0.2) is 32.0 Å². The number of hydrogen-bond acceptors (Lipinski definition) is 4. The molecule has 6 heteroatoms. The highest BCUT2D eigenvalue weighted by molar-refractivity contribution is 7.17. The van der Waals surface area contributed by atoms with Crippen LogP contribution in [0.1, 0.15) is 38.4 Å². The molecule has 3 aromatic rings. The lowest BCUT2D eigenvalue weighted by molar-refractivity contribution is 0.0949. The quantitative estimate of drug-likeness (QED) is 0.595. The number of aryl methyl sites for hydroxylation is 1. The Morgan fingerprint density at radius 1 is 1.00 bits per heavy atom. The van der Waals surface area contributed by atoms with E-state index in [0.29, 0.717) is 22.2 Å². The Morgan fingerprint density at radius 3 is 2.53 bits per heavy atom. The van der Waals surface area contributed by atoms with Crippen molar-refractivity contribution in [3.63, 3.8) is 0 Å². The Labute approximate surface area is 180 Å². The number of nitrogens with zero attached hydrogens (tertiary/aromatic N) is 1. The summed E-state index contributed by atoms with van der Waals surface area (Å²) in [5.74, 6) is -0.259. The number of benzene rings is 2. The van der Waals surface area contributed by atoms with Crippen molar-refractivity contribution in [2.75, 3.05) is 24.3 Å². The Balaban J connectivity index is 1.51. The van der Waals surface area contributed by atoms with Crippen LogP contribution >= 0.6 is 11.3 Å². The lowest BCUT2D eigenvalue weighted by Gasteiger charge is -2.13. The van der Waals surface area contributed by atoms with E-state index in [1.54, 1.807) is 12.1 Å². The average molecular weight is 420 g/mol. The third kappa shape index (κ3) is 4.54. The van der Waals surface area contributed by atoms with Crippen LogP contribution < -0.4 is 15.5 Å². The number of carbonyl (C=O) groups excluding carboxylic acids is 2. The molecule has 154 valence electrons. The first-order valence-electron chi connectivity index (χ1n) is 10.0. The first-order chi connectivity index (χ1) is 14.4. The number of nitrogens with one attached hydrogen (secondary N) is 2. The molecule has 1 heterocycles. The van der Waals surface area contributed by atoms with Gasteiger partial charge in [-0.1, -0.05) is 18.2 Å². The minimum absolute atomic E-state index is 0.0906. The minimum atomic E-state index is -0.169. The number of hydrogen-bond donors (Lipinski definition) is 2. The van der Waals surface area contributed by atoms with Crippen molar-refractivity contribution in [3.8, 4) is 10.4 Å². The molecule has 0 saturated heterocycles. The second kappa shape index (κ2) is 8.32. The van der Waals surface area contributed by atoms with Crippen LogP contribution in [0.3, 0.4) is 0 Å². The molecule has 1 aliphatic rings. The smallest absolute Gasteiger partial charge is 0.265 e. The second-order valence-corrected chi connectivity index (χ2v) is 8.92. The predicted octanol–water partition coefficient (Wildman–Crippen LogP) is 4.93. The molecule has 2 N–H and O–H groups in total. The second-order valence-electron chi connectivity index (χ2n) is 7.84. The number of anilines is 2. The zero-order chi connectivity index (χ0) is 21.3. The molecule has 1 fully saturated rings. The topological polar surface area (TPSA) is 61.4 Å². The molecule has 1 saturated carbocycles. The summed E-state index contributed by atoms with van der Waals surface area (Å²) >= 11 is 1.46. The predicted molar refractivity (Wildman–Crippen MR) is 124 cm³/mol. The zero-order valence-corrected chi connectivity index (χ0v) is 18.2. The standard InChI is InChI=1S/C24H25N3O2S/c1-15-7-8-17(23(28)25-18-9-10-18)14-20(15)26-24(29)22-12-11-21(30-22)16-5-4-6-19(13-16)27(2)3/h4-8,11-14,18H,9-10H2,1-3H3,(H,25,28)(H,26,29). The molecule has 2 aromatic carbocycles. The summed E-state index contributed by atoms with van der Waals surface area (Å²) < 4.78 is 0. The van der Waals surface area contributed by atoms with E-state index in [1.165, 1.54) is 11.3 Å². The summed E-state index contributed by atoms with van der Waals surface area (Å²) in [6.45, 7) is 1.92. The van der Waals surface area contributed by atoms with Crippen molar-refractivity contribution in [1.82, 2.24) is 5.32 Å². The molecule has 1 aromatic heterocycles. The van der Waals surface area contributed by atoms with Crippen molar-refractivity contribution < 1.29 is 9.59 Å². The van der Waals surface area contributed by atoms with E-state index >= 15 is 0 Å². The first-order valence-corrected chi connectivity index (χ1v) is 10.8. The van der Waals surface area contributed by atoms with Crippen LogP contribution in [0.15, 0.2) is 54.6 Å². The van der Waals surface area contributed by atoms with Gasteiger partial charge < -0.3 is 15.5 Å². The van der Waals surface area contributed by atoms with E-state index in [-0.39, 0.29) is 11.8 Å². The third-order valence-corrected chi connectivity index (χ3v) is 6.27. The molecule has 0 atom stereocenters. The molecule has 30 heavy (non-hydrogen) atoms. The molecule has 5 nitrogen and oxygen atoms in total. The summed E-state index contributed by atoms with van der Waals surface area (Å²) in [5.41, 5.74) is 4.34. The maximum atomic E-state index is 12.8. The van der Waals surface area contributed by atoms with Crippen molar-refractivity contribution in [3.05, 3.63) is 70.6 Å². The van der Waals surface area contributed by atoms with Gasteiger partial charge in [0.15, 0.2) is 0 Å². The molecular weight excluding hydrogens is 394 g/mol. The molecule has 0 radical (unpaired) electrons. The van der Waals surface area contributed by atoms with Gasteiger partial charge in [-0.3, -0.25) is 9.59 Å². The lowest BCUT2D eigenvalue weighted by atomic mass is 10.1. The van der Waals surface area contributed by atoms with Crippen LogP contribution in [0.4, 0.5) is 11.4 Å². The highest BCUT2D eigenvalue weighted by Gasteiger charge is 2.24. The largest absolute Gasteiger partial charge is 0.378 e. The number of thiophene rings is 1. The number of carbonyl (C=O) groups is 2. The summed E-state index contributed by atoms with van der Waals surface area (Å²) in [7, 11) is 4.02. The number of rotatable bonds is 6. The lowest BCUT2D eigenvalue weighted by Crippen LogP contribution is -2.25. The fourth-order valence-electron chi connectivity index (χ4n) is 3.13. The maximum Gasteiger partial charge on any atom is 0.265 e.